The lowest BCUT2D eigenvalue weighted by Gasteiger charge is -2.07. The van der Waals surface area contributed by atoms with Crippen molar-refractivity contribution in [1.29, 1.82) is 0 Å². The molecule has 0 saturated carbocycles. The number of thiophene rings is 1. The molecule has 0 fully saturated rings. The zero-order chi connectivity index (χ0) is 22.2. The first-order valence-corrected chi connectivity index (χ1v) is 10.4. The van der Waals surface area contributed by atoms with Gasteiger partial charge in [0.05, 0.1) is 26.4 Å². The van der Waals surface area contributed by atoms with Crippen LogP contribution in [0, 0.1) is 0 Å². The number of rotatable bonds is 8. The number of amides is 1. The van der Waals surface area contributed by atoms with Crippen LogP contribution in [0.1, 0.15) is 22.8 Å². The van der Waals surface area contributed by atoms with Crippen LogP contribution in [0.15, 0.2) is 60.7 Å². The summed E-state index contributed by atoms with van der Waals surface area (Å²) in [5.74, 6) is 0.345. The Balaban J connectivity index is 1.82. The molecule has 3 aromatic rings. The average Bonchev–Trinajstić information content (AvgIpc) is 3.22. The summed E-state index contributed by atoms with van der Waals surface area (Å²) in [4.78, 5) is 25.8. The van der Waals surface area contributed by atoms with Crippen molar-refractivity contribution < 1.29 is 23.8 Å². The summed E-state index contributed by atoms with van der Waals surface area (Å²) >= 11 is 1.32. The van der Waals surface area contributed by atoms with Crippen molar-refractivity contribution in [3.05, 3.63) is 71.8 Å². The molecule has 0 aliphatic carbocycles. The number of hydrogen-bond acceptors (Lipinski definition) is 6. The fourth-order valence-corrected chi connectivity index (χ4v) is 3.93. The van der Waals surface area contributed by atoms with E-state index in [9.17, 15) is 9.59 Å². The molecule has 0 aliphatic heterocycles. The third kappa shape index (κ3) is 5.52. The molecule has 1 heterocycles. The zero-order valence-corrected chi connectivity index (χ0v) is 18.3. The van der Waals surface area contributed by atoms with Gasteiger partial charge in [-0.15, -0.1) is 11.3 Å². The summed E-state index contributed by atoms with van der Waals surface area (Å²) in [6.07, 6.45) is 3.06. The Morgan fingerprint density at radius 3 is 2.42 bits per heavy atom. The molecule has 3 rings (SSSR count). The standard InChI is InChI=1S/C24H23NO5S/c1-4-30-24(27)18-15-21(17-8-6-5-7-9-17)31-23(18)25-22(26)13-11-16-10-12-19(28-2)20(14-16)29-3/h5-15H,4H2,1-3H3,(H,25,26). The van der Waals surface area contributed by atoms with Gasteiger partial charge in [-0.25, -0.2) is 4.79 Å². The molecule has 1 amide bonds. The summed E-state index contributed by atoms with van der Waals surface area (Å²) in [5.41, 5.74) is 2.06. The first-order valence-electron chi connectivity index (χ1n) is 9.63. The van der Waals surface area contributed by atoms with Gasteiger partial charge in [0.2, 0.25) is 5.91 Å². The molecular formula is C24H23NO5S. The number of methoxy groups -OCH3 is 2. The maximum Gasteiger partial charge on any atom is 0.341 e. The summed E-state index contributed by atoms with van der Waals surface area (Å²) in [6, 6.07) is 16.7. The minimum Gasteiger partial charge on any atom is -0.493 e. The molecule has 0 unspecified atom stereocenters. The van der Waals surface area contributed by atoms with E-state index in [0.29, 0.717) is 22.1 Å². The fourth-order valence-electron chi connectivity index (χ4n) is 2.87. The van der Waals surface area contributed by atoms with Crippen molar-refractivity contribution in [3.63, 3.8) is 0 Å². The summed E-state index contributed by atoms with van der Waals surface area (Å²) < 4.78 is 15.6. The lowest BCUT2D eigenvalue weighted by molar-refractivity contribution is -0.111. The molecule has 1 aromatic heterocycles. The summed E-state index contributed by atoms with van der Waals surface area (Å²) in [5, 5.41) is 3.24. The number of hydrogen-bond donors (Lipinski definition) is 1. The molecule has 2 aromatic carbocycles. The Labute approximate surface area is 185 Å². The second-order valence-corrected chi connectivity index (χ2v) is 7.43. The predicted molar refractivity (Wildman–Crippen MR) is 123 cm³/mol. The van der Waals surface area contributed by atoms with Gasteiger partial charge in [-0.1, -0.05) is 36.4 Å². The van der Waals surface area contributed by atoms with Crippen molar-refractivity contribution >= 4 is 34.3 Å². The van der Waals surface area contributed by atoms with E-state index in [0.717, 1.165) is 16.0 Å². The van der Waals surface area contributed by atoms with Crippen LogP contribution in [0.5, 0.6) is 11.5 Å². The number of benzene rings is 2. The number of esters is 1. The van der Waals surface area contributed by atoms with E-state index in [1.165, 1.54) is 17.4 Å². The molecule has 0 atom stereocenters. The summed E-state index contributed by atoms with van der Waals surface area (Å²) in [6.45, 7) is 1.99. The first-order chi connectivity index (χ1) is 15.0. The topological polar surface area (TPSA) is 73.9 Å². The second-order valence-electron chi connectivity index (χ2n) is 6.38. The number of anilines is 1. The first kappa shape index (κ1) is 22.1. The minimum atomic E-state index is -0.472. The van der Waals surface area contributed by atoms with E-state index in [1.54, 1.807) is 45.4 Å². The quantitative estimate of drug-likeness (QED) is 0.384. The van der Waals surface area contributed by atoms with Gasteiger partial charge in [-0.3, -0.25) is 4.79 Å². The normalized spacial score (nSPS) is 10.7. The van der Waals surface area contributed by atoms with E-state index in [2.05, 4.69) is 5.32 Å². The van der Waals surface area contributed by atoms with Crippen molar-refractivity contribution in [2.75, 3.05) is 26.1 Å². The van der Waals surface area contributed by atoms with Crippen molar-refractivity contribution in [2.24, 2.45) is 0 Å². The molecule has 0 aliphatic rings. The van der Waals surface area contributed by atoms with Crippen molar-refractivity contribution in [3.8, 4) is 21.9 Å². The molecule has 1 N–H and O–H groups in total. The number of carbonyl (C=O) groups excluding carboxylic acids is 2. The van der Waals surface area contributed by atoms with Gasteiger partial charge in [0.25, 0.3) is 0 Å². The van der Waals surface area contributed by atoms with E-state index >= 15 is 0 Å². The van der Waals surface area contributed by atoms with Crippen LogP contribution in [-0.4, -0.2) is 32.7 Å². The highest BCUT2D eigenvalue weighted by atomic mass is 32.1. The molecular weight excluding hydrogens is 414 g/mol. The highest BCUT2D eigenvalue weighted by Crippen LogP contribution is 2.36. The van der Waals surface area contributed by atoms with Crippen LogP contribution in [0.2, 0.25) is 0 Å². The van der Waals surface area contributed by atoms with Gasteiger partial charge in [-0.2, -0.15) is 0 Å². The molecule has 0 radical (unpaired) electrons. The Kier molecular flexibility index (Phi) is 7.45. The van der Waals surface area contributed by atoms with Crippen LogP contribution in [-0.2, 0) is 9.53 Å². The molecule has 0 bridgehead atoms. The predicted octanol–water partition coefficient (Wildman–Crippen LogP) is 5.26. The van der Waals surface area contributed by atoms with Crippen molar-refractivity contribution in [1.82, 2.24) is 0 Å². The molecule has 0 spiro atoms. The SMILES string of the molecule is CCOC(=O)c1cc(-c2ccccc2)sc1NC(=O)C=Cc1ccc(OC)c(OC)c1. The van der Waals surface area contributed by atoms with Crippen LogP contribution in [0.25, 0.3) is 16.5 Å². The van der Waals surface area contributed by atoms with E-state index in [1.807, 2.05) is 36.4 Å². The zero-order valence-electron chi connectivity index (χ0n) is 17.5. The van der Waals surface area contributed by atoms with Gasteiger partial charge >= 0.3 is 5.97 Å². The Morgan fingerprint density at radius 2 is 1.74 bits per heavy atom. The van der Waals surface area contributed by atoms with E-state index in [4.69, 9.17) is 14.2 Å². The van der Waals surface area contributed by atoms with E-state index in [-0.39, 0.29) is 12.5 Å². The van der Waals surface area contributed by atoms with Gasteiger partial charge < -0.3 is 19.5 Å². The maximum absolute atomic E-state index is 12.5. The van der Waals surface area contributed by atoms with E-state index < -0.39 is 5.97 Å². The minimum absolute atomic E-state index is 0.252. The summed E-state index contributed by atoms with van der Waals surface area (Å²) in [7, 11) is 3.11. The van der Waals surface area contributed by atoms with Crippen LogP contribution < -0.4 is 14.8 Å². The average molecular weight is 438 g/mol. The monoisotopic (exact) mass is 437 g/mol. The number of carbonyl (C=O) groups is 2. The molecule has 31 heavy (non-hydrogen) atoms. The van der Waals surface area contributed by atoms with Crippen molar-refractivity contribution in [2.45, 2.75) is 6.92 Å². The largest absolute Gasteiger partial charge is 0.493 e. The Bertz CT molecular complexity index is 1090. The van der Waals surface area contributed by atoms with Gasteiger partial charge in [-0.05, 0) is 42.3 Å². The molecule has 7 heteroatoms. The number of nitrogens with one attached hydrogen (secondary N) is 1. The Hall–Kier alpha value is -3.58. The third-order valence-electron chi connectivity index (χ3n) is 4.36. The number of ether oxygens (including phenoxy) is 3. The van der Waals surface area contributed by atoms with Crippen LogP contribution >= 0.6 is 11.3 Å². The molecule has 0 saturated heterocycles. The third-order valence-corrected chi connectivity index (χ3v) is 5.46. The van der Waals surface area contributed by atoms with Gasteiger partial charge in [0, 0.05) is 11.0 Å². The maximum atomic E-state index is 12.5. The molecule has 160 valence electrons. The van der Waals surface area contributed by atoms with Crippen LogP contribution in [0.4, 0.5) is 5.00 Å². The smallest absolute Gasteiger partial charge is 0.341 e. The van der Waals surface area contributed by atoms with Gasteiger partial charge in [0.15, 0.2) is 11.5 Å². The van der Waals surface area contributed by atoms with Crippen LogP contribution in [0.3, 0.4) is 0 Å². The van der Waals surface area contributed by atoms with Gasteiger partial charge in [0.1, 0.15) is 5.00 Å². The second kappa shape index (κ2) is 10.4. The lowest BCUT2D eigenvalue weighted by Crippen LogP contribution is -2.11. The molecule has 6 nitrogen and oxygen atoms in total. The highest BCUT2D eigenvalue weighted by Gasteiger charge is 2.19. The fraction of sp³-hybridized carbons (Fsp3) is 0.167. The lowest BCUT2D eigenvalue weighted by atomic mass is 10.1. The highest BCUT2D eigenvalue weighted by molar-refractivity contribution is 7.20. The Morgan fingerprint density at radius 1 is 1.00 bits per heavy atom.